The van der Waals surface area contributed by atoms with Gasteiger partial charge in [-0.15, -0.1) is 0 Å². The van der Waals surface area contributed by atoms with E-state index in [9.17, 15) is 0 Å². The van der Waals surface area contributed by atoms with Crippen LogP contribution >= 0.6 is 0 Å². The molecule has 146 valence electrons. The fourth-order valence-corrected chi connectivity index (χ4v) is 3.65. The molecule has 0 bridgehead atoms. The number of hydrogen-bond acceptors (Lipinski definition) is 6. The summed E-state index contributed by atoms with van der Waals surface area (Å²) in [5, 5.41) is 4.05. The monoisotopic (exact) mass is 378 g/mol. The van der Waals surface area contributed by atoms with Crippen molar-refractivity contribution in [3.8, 4) is 17.1 Å². The van der Waals surface area contributed by atoms with Crippen molar-refractivity contribution in [1.82, 2.24) is 20.0 Å². The summed E-state index contributed by atoms with van der Waals surface area (Å²) in [6.45, 7) is 7.75. The molecule has 0 radical (unpaired) electrons. The summed E-state index contributed by atoms with van der Waals surface area (Å²) < 4.78 is 11.3. The number of aromatic nitrogens is 3. The lowest BCUT2D eigenvalue weighted by Crippen LogP contribution is -2.35. The average molecular weight is 378 g/mol. The summed E-state index contributed by atoms with van der Waals surface area (Å²) in [6, 6.07) is 12.0. The van der Waals surface area contributed by atoms with Gasteiger partial charge < -0.3 is 9.26 Å². The van der Waals surface area contributed by atoms with Crippen LogP contribution in [-0.4, -0.2) is 39.7 Å². The standard InChI is InChI=1S/C22H26N4O2/c1-16-20(17(2)28-25-16)13-26-10-8-18(9-11-26)14-27-22-12-21(23-15-24-22)19-6-4-3-5-7-19/h3-7,12,15,18H,8-11,13-14H2,1-2H3. The highest BCUT2D eigenvalue weighted by atomic mass is 16.5. The van der Waals surface area contributed by atoms with Crippen LogP contribution in [0.2, 0.25) is 0 Å². The Hall–Kier alpha value is -2.73. The second-order valence-electron chi connectivity index (χ2n) is 7.44. The lowest BCUT2D eigenvalue weighted by molar-refractivity contribution is 0.134. The Morgan fingerprint density at radius 3 is 2.61 bits per heavy atom. The number of benzene rings is 1. The molecule has 4 rings (SSSR count). The van der Waals surface area contributed by atoms with Crippen molar-refractivity contribution >= 4 is 0 Å². The molecule has 6 nitrogen and oxygen atoms in total. The molecule has 2 aromatic heterocycles. The third-order valence-corrected chi connectivity index (χ3v) is 5.45. The molecular weight excluding hydrogens is 352 g/mol. The summed E-state index contributed by atoms with van der Waals surface area (Å²) in [6.07, 6.45) is 3.82. The second-order valence-corrected chi connectivity index (χ2v) is 7.44. The molecule has 0 spiro atoms. The number of nitrogens with zero attached hydrogens (tertiary/aromatic N) is 4. The normalized spacial score (nSPS) is 15.6. The van der Waals surface area contributed by atoms with Gasteiger partial charge in [0.1, 0.15) is 12.1 Å². The molecule has 1 saturated heterocycles. The molecular formula is C22H26N4O2. The predicted molar refractivity (Wildman–Crippen MR) is 107 cm³/mol. The van der Waals surface area contributed by atoms with Crippen molar-refractivity contribution in [3.63, 3.8) is 0 Å². The molecule has 6 heteroatoms. The predicted octanol–water partition coefficient (Wildman–Crippen LogP) is 4.04. The van der Waals surface area contributed by atoms with E-state index in [4.69, 9.17) is 9.26 Å². The largest absolute Gasteiger partial charge is 0.477 e. The smallest absolute Gasteiger partial charge is 0.216 e. The number of ether oxygens (including phenoxy) is 1. The van der Waals surface area contributed by atoms with E-state index in [1.165, 1.54) is 5.56 Å². The summed E-state index contributed by atoms with van der Waals surface area (Å²) >= 11 is 0. The van der Waals surface area contributed by atoms with Gasteiger partial charge in [-0.3, -0.25) is 4.90 Å². The first kappa shape index (κ1) is 18.6. The maximum absolute atomic E-state index is 5.99. The molecule has 0 unspecified atom stereocenters. The maximum Gasteiger partial charge on any atom is 0.216 e. The van der Waals surface area contributed by atoms with Crippen LogP contribution in [0.4, 0.5) is 0 Å². The van der Waals surface area contributed by atoms with Crippen LogP contribution < -0.4 is 4.74 Å². The zero-order valence-electron chi connectivity index (χ0n) is 16.5. The Bertz CT molecular complexity index is 882. The van der Waals surface area contributed by atoms with Gasteiger partial charge in [0.2, 0.25) is 5.88 Å². The minimum atomic E-state index is 0.552. The minimum absolute atomic E-state index is 0.552. The molecule has 3 heterocycles. The van der Waals surface area contributed by atoms with Gasteiger partial charge in [0.15, 0.2) is 0 Å². The lowest BCUT2D eigenvalue weighted by atomic mass is 9.97. The van der Waals surface area contributed by atoms with Crippen LogP contribution in [0.15, 0.2) is 47.2 Å². The van der Waals surface area contributed by atoms with E-state index in [0.717, 1.165) is 55.2 Å². The van der Waals surface area contributed by atoms with Crippen LogP contribution in [0, 0.1) is 19.8 Å². The molecule has 0 N–H and O–H groups in total. The van der Waals surface area contributed by atoms with E-state index in [-0.39, 0.29) is 0 Å². The number of likely N-dealkylation sites (tertiary alicyclic amines) is 1. The van der Waals surface area contributed by atoms with Crippen LogP contribution in [0.1, 0.15) is 29.9 Å². The highest BCUT2D eigenvalue weighted by Crippen LogP contribution is 2.23. The molecule has 0 atom stereocenters. The van der Waals surface area contributed by atoms with Gasteiger partial charge in [-0.25, -0.2) is 9.97 Å². The lowest BCUT2D eigenvalue weighted by Gasteiger charge is -2.31. The van der Waals surface area contributed by atoms with E-state index in [1.807, 2.05) is 50.2 Å². The van der Waals surface area contributed by atoms with Gasteiger partial charge >= 0.3 is 0 Å². The zero-order chi connectivity index (χ0) is 19.3. The molecule has 0 aliphatic carbocycles. The van der Waals surface area contributed by atoms with Gasteiger partial charge in [0, 0.05) is 23.7 Å². The quantitative estimate of drug-likeness (QED) is 0.645. The van der Waals surface area contributed by atoms with Crippen LogP contribution in [-0.2, 0) is 6.54 Å². The summed E-state index contributed by atoms with van der Waals surface area (Å²) in [4.78, 5) is 11.1. The third kappa shape index (κ3) is 4.39. The van der Waals surface area contributed by atoms with Crippen molar-refractivity contribution in [1.29, 1.82) is 0 Å². The molecule has 28 heavy (non-hydrogen) atoms. The van der Waals surface area contributed by atoms with Crippen LogP contribution in [0.3, 0.4) is 0 Å². The fourth-order valence-electron chi connectivity index (χ4n) is 3.65. The van der Waals surface area contributed by atoms with Gasteiger partial charge in [-0.2, -0.15) is 0 Å². The Balaban J connectivity index is 1.28. The number of aryl methyl sites for hydroxylation is 2. The highest BCUT2D eigenvalue weighted by molar-refractivity contribution is 5.59. The Morgan fingerprint density at radius 1 is 1.11 bits per heavy atom. The molecule has 1 fully saturated rings. The summed E-state index contributed by atoms with van der Waals surface area (Å²) in [7, 11) is 0. The van der Waals surface area contributed by atoms with Crippen molar-refractivity contribution in [2.45, 2.75) is 33.2 Å². The van der Waals surface area contributed by atoms with Crippen LogP contribution in [0.25, 0.3) is 11.3 Å². The zero-order valence-corrected chi connectivity index (χ0v) is 16.5. The molecule has 1 aromatic carbocycles. The first-order valence-electron chi connectivity index (χ1n) is 9.83. The van der Waals surface area contributed by atoms with Crippen molar-refractivity contribution in [2.24, 2.45) is 5.92 Å². The second kappa shape index (κ2) is 8.52. The SMILES string of the molecule is Cc1noc(C)c1CN1CCC(COc2cc(-c3ccccc3)ncn2)CC1. The Morgan fingerprint density at radius 2 is 1.89 bits per heavy atom. The first-order valence-corrected chi connectivity index (χ1v) is 9.83. The van der Waals surface area contributed by atoms with E-state index < -0.39 is 0 Å². The van der Waals surface area contributed by atoms with Crippen molar-refractivity contribution < 1.29 is 9.26 Å². The molecule has 0 saturated carbocycles. The Kier molecular flexibility index (Phi) is 5.67. The number of piperidine rings is 1. The molecule has 1 aliphatic heterocycles. The summed E-state index contributed by atoms with van der Waals surface area (Å²) in [5.74, 6) is 2.13. The van der Waals surface area contributed by atoms with Crippen molar-refractivity contribution in [2.75, 3.05) is 19.7 Å². The van der Waals surface area contributed by atoms with E-state index in [0.29, 0.717) is 18.4 Å². The maximum atomic E-state index is 5.99. The summed E-state index contributed by atoms with van der Waals surface area (Å²) in [5.41, 5.74) is 4.19. The topological polar surface area (TPSA) is 64.3 Å². The van der Waals surface area contributed by atoms with E-state index in [2.05, 4.69) is 20.0 Å². The van der Waals surface area contributed by atoms with E-state index in [1.54, 1.807) is 6.33 Å². The van der Waals surface area contributed by atoms with Gasteiger partial charge in [-0.1, -0.05) is 35.5 Å². The van der Waals surface area contributed by atoms with Gasteiger partial charge in [0.25, 0.3) is 0 Å². The molecule has 1 aliphatic rings. The van der Waals surface area contributed by atoms with E-state index >= 15 is 0 Å². The fraction of sp³-hybridized carbons (Fsp3) is 0.409. The Labute approximate surface area is 165 Å². The van der Waals surface area contributed by atoms with Gasteiger partial charge in [-0.05, 0) is 45.7 Å². The highest BCUT2D eigenvalue weighted by Gasteiger charge is 2.22. The van der Waals surface area contributed by atoms with Crippen molar-refractivity contribution in [3.05, 3.63) is 59.7 Å². The third-order valence-electron chi connectivity index (χ3n) is 5.45. The first-order chi connectivity index (χ1) is 13.7. The molecule has 3 aromatic rings. The minimum Gasteiger partial charge on any atom is -0.477 e. The van der Waals surface area contributed by atoms with Gasteiger partial charge in [0.05, 0.1) is 18.0 Å². The van der Waals surface area contributed by atoms with Crippen LogP contribution in [0.5, 0.6) is 5.88 Å². The number of rotatable bonds is 6. The number of hydrogen-bond donors (Lipinski definition) is 0. The molecule has 0 amide bonds. The average Bonchev–Trinajstić information content (AvgIpc) is 3.06.